The van der Waals surface area contributed by atoms with Crippen molar-refractivity contribution in [3.63, 3.8) is 0 Å². The van der Waals surface area contributed by atoms with Crippen molar-refractivity contribution in [1.82, 2.24) is 9.55 Å². The molecule has 10 nitrogen and oxygen atoms in total. The normalized spacial score (nSPS) is 27.7. The highest BCUT2D eigenvalue weighted by molar-refractivity contribution is 7.62. The SMILES string of the molecule is COCCO[C@@H]1[C@H](C)[C@@H]([C@@H](O)[C@H](O)P(C)(C)=O)O[C@H]1n1cc(C)c(=O)[nH]c1=O. The van der Waals surface area contributed by atoms with Gasteiger partial charge in [-0.15, -0.1) is 0 Å². The van der Waals surface area contributed by atoms with Gasteiger partial charge in [0, 0.05) is 24.8 Å². The molecule has 2 heterocycles. The van der Waals surface area contributed by atoms with Crippen molar-refractivity contribution in [2.45, 2.75) is 44.2 Å². The van der Waals surface area contributed by atoms with Gasteiger partial charge in [0.25, 0.3) is 5.56 Å². The maximum absolute atomic E-state index is 12.3. The van der Waals surface area contributed by atoms with Crippen LogP contribution >= 0.6 is 7.14 Å². The lowest BCUT2D eigenvalue weighted by Crippen LogP contribution is -2.41. The van der Waals surface area contributed by atoms with Crippen LogP contribution in [0.3, 0.4) is 0 Å². The highest BCUT2D eigenvalue weighted by Crippen LogP contribution is 2.46. The Kier molecular flexibility index (Phi) is 7.41. The van der Waals surface area contributed by atoms with Crippen LogP contribution in [-0.2, 0) is 18.8 Å². The quantitative estimate of drug-likeness (QED) is 0.385. The van der Waals surface area contributed by atoms with Crippen LogP contribution in [0.15, 0.2) is 15.8 Å². The summed E-state index contributed by atoms with van der Waals surface area (Å²) in [7, 11) is -1.48. The minimum absolute atomic E-state index is 0.216. The first-order valence-electron chi connectivity index (χ1n) is 8.98. The smallest absolute Gasteiger partial charge is 0.330 e. The van der Waals surface area contributed by atoms with Crippen molar-refractivity contribution in [3.05, 3.63) is 32.6 Å². The number of nitrogens with one attached hydrogen (secondary N) is 1. The van der Waals surface area contributed by atoms with Gasteiger partial charge in [-0.1, -0.05) is 6.92 Å². The van der Waals surface area contributed by atoms with Crippen LogP contribution in [0, 0.1) is 12.8 Å². The lowest BCUT2D eigenvalue weighted by molar-refractivity contribution is -0.105. The third-order valence-electron chi connectivity index (χ3n) is 4.91. The van der Waals surface area contributed by atoms with E-state index in [4.69, 9.17) is 14.2 Å². The van der Waals surface area contributed by atoms with Crippen LogP contribution in [0.1, 0.15) is 18.7 Å². The maximum Gasteiger partial charge on any atom is 0.330 e. The van der Waals surface area contributed by atoms with Crippen LogP contribution in [-0.4, -0.2) is 77.6 Å². The second-order valence-corrected chi connectivity index (χ2v) is 10.9. The van der Waals surface area contributed by atoms with E-state index in [0.717, 1.165) is 0 Å². The van der Waals surface area contributed by atoms with Crippen LogP contribution in [0.4, 0.5) is 0 Å². The van der Waals surface area contributed by atoms with E-state index in [9.17, 15) is 24.4 Å². The molecule has 1 aromatic heterocycles. The van der Waals surface area contributed by atoms with Gasteiger partial charge < -0.3 is 29.0 Å². The number of hydrogen-bond acceptors (Lipinski definition) is 8. The van der Waals surface area contributed by atoms with Gasteiger partial charge in [0.2, 0.25) is 0 Å². The van der Waals surface area contributed by atoms with Crippen LogP contribution < -0.4 is 11.2 Å². The second-order valence-electron chi connectivity index (χ2n) is 7.50. The number of aliphatic hydroxyl groups is 2. The molecule has 0 radical (unpaired) electrons. The summed E-state index contributed by atoms with van der Waals surface area (Å²) in [5, 5.41) is 20.8. The van der Waals surface area contributed by atoms with Crippen LogP contribution in [0.25, 0.3) is 0 Å². The Balaban J connectivity index is 2.39. The average molecular weight is 420 g/mol. The first-order chi connectivity index (χ1) is 13.0. The summed E-state index contributed by atoms with van der Waals surface area (Å²) in [5.41, 5.74) is -0.878. The summed E-state index contributed by atoms with van der Waals surface area (Å²) in [4.78, 5) is 26.2. The van der Waals surface area contributed by atoms with E-state index in [1.165, 1.54) is 31.2 Å². The summed E-state index contributed by atoms with van der Waals surface area (Å²) in [6.45, 7) is 6.57. The van der Waals surface area contributed by atoms with E-state index < -0.39 is 54.7 Å². The lowest BCUT2D eigenvalue weighted by Gasteiger charge is -2.28. The van der Waals surface area contributed by atoms with Gasteiger partial charge in [0.15, 0.2) is 6.23 Å². The molecule has 1 aromatic rings. The van der Waals surface area contributed by atoms with E-state index in [-0.39, 0.29) is 6.61 Å². The molecule has 0 aliphatic carbocycles. The summed E-state index contributed by atoms with van der Waals surface area (Å²) >= 11 is 0. The Morgan fingerprint density at radius 2 is 1.96 bits per heavy atom. The third kappa shape index (κ3) is 4.82. The molecular weight excluding hydrogens is 391 g/mol. The number of aliphatic hydroxyl groups excluding tert-OH is 2. The Bertz CT molecular complexity index is 831. The average Bonchev–Trinajstić information content (AvgIpc) is 2.93. The van der Waals surface area contributed by atoms with Crippen molar-refractivity contribution in [2.75, 3.05) is 33.7 Å². The molecule has 0 bridgehead atoms. The molecule has 0 aromatic carbocycles. The molecule has 2 rings (SSSR count). The number of aromatic amines is 1. The number of nitrogens with zero attached hydrogens (tertiary/aromatic N) is 1. The number of methoxy groups -OCH3 is 1. The van der Waals surface area contributed by atoms with Gasteiger partial charge in [-0.2, -0.15) is 0 Å². The van der Waals surface area contributed by atoms with Gasteiger partial charge in [0.1, 0.15) is 25.2 Å². The Labute approximate surface area is 162 Å². The van der Waals surface area contributed by atoms with Gasteiger partial charge in [-0.3, -0.25) is 14.3 Å². The maximum atomic E-state index is 12.3. The molecular formula is C17H29N2O8P. The molecule has 160 valence electrons. The molecule has 0 amide bonds. The zero-order chi connectivity index (χ0) is 21.2. The fourth-order valence-electron chi connectivity index (χ4n) is 3.24. The van der Waals surface area contributed by atoms with Crippen LogP contribution in [0.2, 0.25) is 0 Å². The third-order valence-corrected chi connectivity index (χ3v) is 6.49. The van der Waals surface area contributed by atoms with E-state index in [2.05, 4.69) is 4.98 Å². The highest BCUT2D eigenvalue weighted by atomic mass is 31.2. The number of rotatable bonds is 8. The molecule has 11 heteroatoms. The zero-order valence-electron chi connectivity index (χ0n) is 16.7. The molecule has 3 N–H and O–H groups in total. The Hall–Kier alpha value is -1.29. The number of H-pyrrole nitrogens is 1. The van der Waals surface area contributed by atoms with Crippen LogP contribution in [0.5, 0.6) is 0 Å². The summed E-state index contributed by atoms with van der Waals surface area (Å²) in [5.74, 6) is -1.93. The highest BCUT2D eigenvalue weighted by Gasteiger charge is 2.50. The molecule has 6 atom stereocenters. The standard InChI is InChI=1S/C17H29N2O8P/c1-9-8-19(17(23)18-14(9)21)15-13(26-7-6-25-3)10(2)12(27-15)11(20)16(22)28(4,5)24/h8,10-13,15-16,20,22H,6-7H2,1-5H3,(H,18,21,23)/t10-,11-,12+,13-,15-,16-/m1/s1. The fraction of sp³-hybridized carbons (Fsp3) is 0.765. The first kappa shape index (κ1) is 23.0. The molecule has 1 aliphatic rings. The monoisotopic (exact) mass is 420 g/mol. The minimum Gasteiger partial charge on any atom is -0.387 e. The lowest BCUT2D eigenvalue weighted by atomic mass is 9.96. The predicted octanol–water partition coefficient (Wildman–Crippen LogP) is -0.288. The van der Waals surface area contributed by atoms with Gasteiger partial charge in [-0.25, -0.2) is 4.79 Å². The van der Waals surface area contributed by atoms with Crippen molar-refractivity contribution < 1.29 is 29.0 Å². The largest absolute Gasteiger partial charge is 0.387 e. The molecule has 28 heavy (non-hydrogen) atoms. The van der Waals surface area contributed by atoms with Gasteiger partial charge in [0.05, 0.1) is 19.3 Å². The predicted molar refractivity (Wildman–Crippen MR) is 102 cm³/mol. The van der Waals surface area contributed by atoms with Crippen molar-refractivity contribution >= 4 is 7.14 Å². The topological polar surface area (TPSA) is 140 Å². The number of hydrogen-bond donors (Lipinski definition) is 3. The minimum atomic E-state index is -3.00. The molecule has 1 aliphatic heterocycles. The fourth-order valence-corrected chi connectivity index (χ4v) is 4.14. The van der Waals surface area contributed by atoms with E-state index in [1.54, 1.807) is 13.8 Å². The van der Waals surface area contributed by atoms with Crippen molar-refractivity contribution in [1.29, 1.82) is 0 Å². The van der Waals surface area contributed by atoms with E-state index in [0.29, 0.717) is 12.2 Å². The van der Waals surface area contributed by atoms with Gasteiger partial charge >= 0.3 is 5.69 Å². The molecule has 0 spiro atoms. The van der Waals surface area contributed by atoms with Crippen molar-refractivity contribution in [3.8, 4) is 0 Å². The Morgan fingerprint density at radius 3 is 2.54 bits per heavy atom. The summed E-state index contributed by atoms with van der Waals surface area (Å²) in [6.07, 6.45) is -2.62. The summed E-state index contributed by atoms with van der Waals surface area (Å²) in [6, 6.07) is 0. The molecule has 1 fully saturated rings. The number of aryl methyl sites for hydroxylation is 1. The Morgan fingerprint density at radius 1 is 1.32 bits per heavy atom. The van der Waals surface area contributed by atoms with E-state index in [1.807, 2.05) is 0 Å². The van der Waals surface area contributed by atoms with E-state index >= 15 is 0 Å². The number of aromatic nitrogens is 2. The molecule has 0 saturated carbocycles. The molecule has 1 saturated heterocycles. The number of ether oxygens (including phenoxy) is 3. The first-order valence-corrected chi connectivity index (χ1v) is 11.6. The molecule has 0 unspecified atom stereocenters. The summed E-state index contributed by atoms with van der Waals surface area (Å²) < 4.78 is 30.1. The van der Waals surface area contributed by atoms with Gasteiger partial charge in [-0.05, 0) is 20.3 Å². The van der Waals surface area contributed by atoms with Crippen molar-refractivity contribution in [2.24, 2.45) is 5.92 Å². The second kappa shape index (κ2) is 9.02. The zero-order valence-corrected chi connectivity index (χ0v) is 17.6.